The van der Waals surface area contributed by atoms with Crippen molar-refractivity contribution in [1.29, 1.82) is 0 Å². The Kier molecular flexibility index (Phi) is 6.48. The molecule has 0 saturated carbocycles. The first-order valence-corrected chi connectivity index (χ1v) is 8.38. The number of carbonyl (C=O) groups is 1. The molecule has 0 aromatic heterocycles. The van der Waals surface area contributed by atoms with Gasteiger partial charge < -0.3 is 5.32 Å². The van der Waals surface area contributed by atoms with E-state index in [4.69, 9.17) is 11.6 Å². The number of rotatable bonds is 5. The standard InChI is InChI=1S/C20H19ClF3NO/c1-13-9-17(11-18(21)10-13)19(20(22,23)24)8-7-15-3-5-16(6-4-15)12-25-14(2)26/h3-11,19H,12H2,1-2H3,(H,25,26)/b8-7+. The second-order valence-corrected chi connectivity index (χ2v) is 6.53. The fraction of sp³-hybridized carbons (Fsp3) is 0.250. The zero-order valence-corrected chi connectivity index (χ0v) is 15.2. The third kappa shape index (κ3) is 5.92. The van der Waals surface area contributed by atoms with Crippen LogP contribution in [0.25, 0.3) is 6.08 Å². The number of hydrogen-bond acceptors (Lipinski definition) is 1. The summed E-state index contributed by atoms with van der Waals surface area (Å²) in [5.74, 6) is -1.88. The first-order chi connectivity index (χ1) is 12.1. The molecule has 138 valence electrons. The highest BCUT2D eigenvalue weighted by molar-refractivity contribution is 6.30. The Hall–Kier alpha value is -2.27. The highest BCUT2D eigenvalue weighted by Crippen LogP contribution is 2.37. The minimum atomic E-state index is -4.42. The fourth-order valence-electron chi connectivity index (χ4n) is 2.53. The monoisotopic (exact) mass is 381 g/mol. The molecule has 0 aliphatic heterocycles. The van der Waals surface area contributed by atoms with Crippen LogP contribution in [0, 0.1) is 6.92 Å². The highest BCUT2D eigenvalue weighted by atomic mass is 35.5. The van der Waals surface area contributed by atoms with Gasteiger partial charge in [0.05, 0.1) is 5.92 Å². The van der Waals surface area contributed by atoms with Gasteiger partial charge in [-0.25, -0.2) is 0 Å². The molecule has 6 heteroatoms. The van der Waals surface area contributed by atoms with Crippen LogP contribution in [0.2, 0.25) is 5.02 Å². The summed E-state index contributed by atoms with van der Waals surface area (Å²) in [6.07, 6.45) is -1.84. The lowest BCUT2D eigenvalue weighted by atomic mass is 9.95. The van der Waals surface area contributed by atoms with Crippen molar-refractivity contribution in [3.63, 3.8) is 0 Å². The maximum Gasteiger partial charge on any atom is 0.399 e. The maximum absolute atomic E-state index is 13.5. The number of carbonyl (C=O) groups excluding carboxylic acids is 1. The van der Waals surface area contributed by atoms with E-state index in [1.165, 1.54) is 25.1 Å². The summed E-state index contributed by atoms with van der Waals surface area (Å²) >= 11 is 5.91. The van der Waals surface area contributed by atoms with Crippen molar-refractivity contribution < 1.29 is 18.0 Å². The summed E-state index contributed by atoms with van der Waals surface area (Å²) in [6, 6.07) is 11.4. The first kappa shape index (κ1) is 20.0. The molecular weight excluding hydrogens is 363 g/mol. The van der Waals surface area contributed by atoms with Gasteiger partial charge in [0.1, 0.15) is 0 Å². The van der Waals surface area contributed by atoms with Crippen molar-refractivity contribution in [2.75, 3.05) is 0 Å². The molecule has 1 atom stereocenters. The van der Waals surface area contributed by atoms with E-state index < -0.39 is 12.1 Å². The van der Waals surface area contributed by atoms with Crippen molar-refractivity contribution in [2.45, 2.75) is 32.5 Å². The summed E-state index contributed by atoms with van der Waals surface area (Å²) in [6.45, 7) is 3.51. The van der Waals surface area contributed by atoms with Gasteiger partial charge in [0.15, 0.2) is 0 Å². The minimum absolute atomic E-state index is 0.112. The average molecular weight is 382 g/mol. The second-order valence-electron chi connectivity index (χ2n) is 6.09. The molecule has 2 rings (SSSR count). The molecule has 2 nitrogen and oxygen atoms in total. The number of alkyl halides is 3. The molecule has 0 bridgehead atoms. The smallest absolute Gasteiger partial charge is 0.352 e. The number of nitrogens with one attached hydrogen (secondary N) is 1. The lowest BCUT2D eigenvalue weighted by Gasteiger charge is -2.18. The van der Waals surface area contributed by atoms with E-state index in [9.17, 15) is 18.0 Å². The van der Waals surface area contributed by atoms with Gasteiger partial charge in [0.2, 0.25) is 5.91 Å². The lowest BCUT2D eigenvalue weighted by Crippen LogP contribution is -2.19. The van der Waals surface area contributed by atoms with E-state index in [-0.39, 0.29) is 16.5 Å². The first-order valence-electron chi connectivity index (χ1n) is 8.00. The van der Waals surface area contributed by atoms with Crippen LogP contribution in [0.5, 0.6) is 0 Å². The van der Waals surface area contributed by atoms with E-state index in [2.05, 4.69) is 5.32 Å². The van der Waals surface area contributed by atoms with Crippen molar-refractivity contribution in [1.82, 2.24) is 5.32 Å². The average Bonchev–Trinajstić information content (AvgIpc) is 2.52. The van der Waals surface area contributed by atoms with E-state index >= 15 is 0 Å². The Bertz CT molecular complexity index is 777. The highest BCUT2D eigenvalue weighted by Gasteiger charge is 2.39. The third-order valence-corrected chi connectivity index (χ3v) is 4.00. The Labute approximate surface area is 155 Å². The van der Waals surface area contributed by atoms with E-state index in [1.807, 2.05) is 0 Å². The van der Waals surface area contributed by atoms with Gasteiger partial charge >= 0.3 is 6.18 Å². The van der Waals surface area contributed by atoms with E-state index in [1.54, 1.807) is 37.3 Å². The number of halogens is 4. The minimum Gasteiger partial charge on any atom is -0.352 e. The SMILES string of the molecule is CC(=O)NCc1ccc(/C=C/C(c2cc(C)cc(Cl)c2)C(F)(F)F)cc1. The van der Waals surface area contributed by atoms with Gasteiger partial charge in [0, 0.05) is 18.5 Å². The largest absolute Gasteiger partial charge is 0.399 e. The molecule has 0 saturated heterocycles. The Morgan fingerprint density at radius 3 is 2.38 bits per heavy atom. The van der Waals surface area contributed by atoms with E-state index in [0.29, 0.717) is 17.7 Å². The zero-order chi connectivity index (χ0) is 19.3. The zero-order valence-electron chi connectivity index (χ0n) is 14.4. The number of benzene rings is 2. The van der Waals surface area contributed by atoms with Crippen LogP contribution in [-0.4, -0.2) is 12.1 Å². The Morgan fingerprint density at radius 1 is 1.19 bits per heavy atom. The van der Waals surface area contributed by atoms with Gasteiger partial charge in [-0.2, -0.15) is 13.2 Å². The lowest BCUT2D eigenvalue weighted by molar-refractivity contribution is -0.139. The third-order valence-electron chi connectivity index (χ3n) is 3.78. The van der Waals surface area contributed by atoms with Crippen molar-refractivity contribution in [3.05, 3.63) is 75.8 Å². The molecule has 0 radical (unpaired) electrons. The Balaban J connectivity index is 2.21. The van der Waals surface area contributed by atoms with Crippen LogP contribution in [0.1, 0.15) is 35.1 Å². The molecule has 0 aliphatic carbocycles. The quantitative estimate of drug-likeness (QED) is 0.713. The predicted octanol–water partition coefficient (Wildman–Crippen LogP) is 5.64. The van der Waals surface area contributed by atoms with Gasteiger partial charge in [-0.15, -0.1) is 0 Å². The fourth-order valence-corrected chi connectivity index (χ4v) is 2.83. The molecule has 1 N–H and O–H groups in total. The summed E-state index contributed by atoms with van der Waals surface area (Å²) in [5, 5.41) is 2.95. The van der Waals surface area contributed by atoms with Gasteiger partial charge in [0.25, 0.3) is 0 Å². The van der Waals surface area contributed by atoms with Crippen LogP contribution in [0.3, 0.4) is 0 Å². The molecule has 1 amide bonds. The van der Waals surface area contributed by atoms with Crippen molar-refractivity contribution in [3.8, 4) is 0 Å². The molecule has 1 unspecified atom stereocenters. The second kappa shape index (κ2) is 8.41. The van der Waals surface area contributed by atoms with Crippen LogP contribution in [0.15, 0.2) is 48.5 Å². The van der Waals surface area contributed by atoms with Crippen LogP contribution in [0.4, 0.5) is 13.2 Å². The van der Waals surface area contributed by atoms with Crippen LogP contribution in [-0.2, 0) is 11.3 Å². The Morgan fingerprint density at radius 2 is 1.85 bits per heavy atom. The van der Waals surface area contributed by atoms with Crippen molar-refractivity contribution in [2.24, 2.45) is 0 Å². The van der Waals surface area contributed by atoms with Gasteiger partial charge in [-0.3, -0.25) is 4.79 Å². The molecule has 2 aromatic rings. The number of aryl methyl sites for hydroxylation is 1. The summed E-state index contributed by atoms with van der Waals surface area (Å²) in [5.41, 5.74) is 2.30. The predicted molar refractivity (Wildman–Crippen MR) is 98.0 cm³/mol. The number of amides is 1. The summed E-state index contributed by atoms with van der Waals surface area (Å²) in [4.78, 5) is 10.9. The number of allylic oxidation sites excluding steroid dienone is 1. The van der Waals surface area contributed by atoms with Crippen molar-refractivity contribution >= 4 is 23.6 Å². The molecule has 2 aromatic carbocycles. The molecular formula is C20H19ClF3NO. The molecule has 0 fully saturated rings. The van der Waals surface area contributed by atoms with Crippen LogP contribution < -0.4 is 5.32 Å². The van der Waals surface area contributed by atoms with Crippen LogP contribution >= 0.6 is 11.6 Å². The maximum atomic E-state index is 13.5. The van der Waals surface area contributed by atoms with Gasteiger partial charge in [-0.05, 0) is 41.3 Å². The molecule has 26 heavy (non-hydrogen) atoms. The molecule has 0 aliphatic rings. The van der Waals surface area contributed by atoms with E-state index in [0.717, 1.165) is 11.6 Å². The topological polar surface area (TPSA) is 29.1 Å². The molecule has 0 heterocycles. The van der Waals surface area contributed by atoms with Gasteiger partial charge in [-0.1, -0.05) is 54.1 Å². The molecule has 0 spiro atoms. The summed E-state index contributed by atoms with van der Waals surface area (Å²) in [7, 11) is 0. The summed E-state index contributed by atoms with van der Waals surface area (Å²) < 4.78 is 40.4. The normalized spacial score (nSPS) is 13.0. The number of hydrogen-bond donors (Lipinski definition) is 1.